The number of halogens is 3. The van der Waals surface area contributed by atoms with Crippen LogP contribution in [0, 0.1) is 12.3 Å². The minimum atomic E-state index is -4.08. The first kappa shape index (κ1) is 10.5. The van der Waals surface area contributed by atoms with Crippen LogP contribution in [-0.4, -0.2) is 11.2 Å². The first-order valence-electron chi connectivity index (χ1n) is 4.91. The lowest BCUT2D eigenvalue weighted by Gasteiger charge is -2.18. The highest BCUT2D eigenvalue weighted by Crippen LogP contribution is 2.59. The fourth-order valence-electron chi connectivity index (χ4n) is 1.75. The largest absolute Gasteiger partial charge is 0.394 e. The van der Waals surface area contributed by atoms with Gasteiger partial charge in [-0.2, -0.15) is 13.2 Å². The molecular weight excluding hydrogens is 203 g/mol. The molecule has 1 saturated carbocycles. The Hall–Kier alpha value is -1.06. The molecule has 1 aromatic heterocycles. The standard InChI is InChI=1S/C11H12F3N/c1-8-2-5-15-9(6-8)7-10(3-4-10)11(12,13)14/h2,5-6H,3-4,7H2,1H3. The molecule has 0 radical (unpaired) electrons. The van der Waals surface area contributed by atoms with Crippen LogP contribution >= 0.6 is 0 Å². The van der Waals surface area contributed by atoms with E-state index >= 15 is 0 Å². The molecule has 0 aromatic carbocycles. The smallest absolute Gasteiger partial charge is 0.261 e. The molecule has 0 bridgehead atoms. The second kappa shape index (κ2) is 3.22. The third kappa shape index (κ3) is 1.98. The summed E-state index contributed by atoms with van der Waals surface area (Å²) in [6.07, 6.45) is -2.01. The highest BCUT2D eigenvalue weighted by atomic mass is 19.4. The molecular formula is C11H12F3N. The topological polar surface area (TPSA) is 12.9 Å². The summed E-state index contributed by atoms with van der Waals surface area (Å²) < 4.78 is 38.0. The summed E-state index contributed by atoms with van der Waals surface area (Å²) in [7, 11) is 0. The molecule has 1 aromatic rings. The lowest BCUT2D eigenvalue weighted by Crippen LogP contribution is -2.27. The number of aromatic nitrogens is 1. The van der Waals surface area contributed by atoms with Crippen LogP contribution in [0.4, 0.5) is 13.2 Å². The summed E-state index contributed by atoms with van der Waals surface area (Å²) in [5.41, 5.74) is 0.0242. The Labute approximate surface area is 86.3 Å². The van der Waals surface area contributed by atoms with Gasteiger partial charge in [0.25, 0.3) is 0 Å². The monoisotopic (exact) mass is 215 g/mol. The van der Waals surface area contributed by atoms with Crippen LogP contribution in [0.5, 0.6) is 0 Å². The maximum absolute atomic E-state index is 12.7. The predicted molar refractivity (Wildman–Crippen MR) is 50.4 cm³/mol. The van der Waals surface area contributed by atoms with Crippen molar-refractivity contribution in [2.75, 3.05) is 0 Å². The van der Waals surface area contributed by atoms with Gasteiger partial charge in [-0.05, 0) is 37.5 Å². The number of hydrogen-bond acceptors (Lipinski definition) is 1. The van der Waals surface area contributed by atoms with Gasteiger partial charge in [-0.3, -0.25) is 4.98 Å². The molecule has 1 fully saturated rings. The van der Waals surface area contributed by atoms with Crippen LogP contribution in [0.2, 0.25) is 0 Å². The van der Waals surface area contributed by atoms with E-state index in [1.807, 2.05) is 6.92 Å². The van der Waals surface area contributed by atoms with Crippen LogP contribution in [0.1, 0.15) is 24.1 Å². The van der Waals surface area contributed by atoms with Gasteiger partial charge in [0, 0.05) is 18.3 Å². The number of hydrogen-bond donors (Lipinski definition) is 0. The van der Waals surface area contributed by atoms with E-state index in [0.717, 1.165) is 5.56 Å². The number of alkyl halides is 3. The zero-order valence-electron chi connectivity index (χ0n) is 8.43. The quantitative estimate of drug-likeness (QED) is 0.737. The van der Waals surface area contributed by atoms with Gasteiger partial charge in [0.15, 0.2) is 0 Å². The van der Waals surface area contributed by atoms with Gasteiger partial charge in [0.1, 0.15) is 0 Å². The molecule has 1 aliphatic carbocycles. The highest BCUT2D eigenvalue weighted by molar-refractivity contribution is 5.18. The first-order chi connectivity index (χ1) is 6.93. The fourth-order valence-corrected chi connectivity index (χ4v) is 1.75. The SMILES string of the molecule is Cc1ccnc(CC2(C(F)(F)F)CC2)c1. The number of aryl methyl sites for hydroxylation is 1. The van der Waals surface area contributed by atoms with Crippen molar-refractivity contribution < 1.29 is 13.2 Å². The zero-order valence-corrected chi connectivity index (χ0v) is 8.43. The minimum Gasteiger partial charge on any atom is -0.261 e. The highest BCUT2D eigenvalue weighted by Gasteiger charge is 2.62. The van der Waals surface area contributed by atoms with Gasteiger partial charge in [0.05, 0.1) is 5.41 Å². The molecule has 0 saturated heterocycles. The number of rotatable bonds is 2. The van der Waals surface area contributed by atoms with E-state index in [4.69, 9.17) is 0 Å². The molecule has 2 rings (SSSR count). The zero-order chi connectivity index (χ0) is 11.1. The van der Waals surface area contributed by atoms with E-state index in [0.29, 0.717) is 5.69 Å². The van der Waals surface area contributed by atoms with Gasteiger partial charge < -0.3 is 0 Å². The summed E-state index contributed by atoms with van der Waals surface area (Å²) >= 11 is 0. The summed E-state index contributed by atoms with van der Waals surface area (Å²) in [5.74, 6) is 0. The molecule has 0 amide bonds. The number of pyridine rings is 1. The molecule has 1 heterocycles. The Kier molecular flexibility index (Phi) is 2.24. The molecule has 0 N–H and O–H groups in total. The molecule has 82 valence electrons. The van der Waals surface area contributed by atoms with Crippen LogP contribution in [-0.2, 0) is 6.42 Å². The lowest BCUT2D eigenvalue weighted by molar-refractivity contribution is -0.186. The van der Waals surface area contributed by atoms with Gasteiger partial charge >= 0.3 is 6.18 Å². The average molecular weight is 215 g/mol. The Bertz CT molecular complexity index is 366. The van der Waals surface area contributed by atoms with Crippen molar-refractivity contribution in [3.8, 4) is 0 Å². The van der Waals surface area contributed by atoms with Crippen molar-refractivity contribution in [1.82, 2.24) is 4.98 Å². The molecule has 4 heteroatoms. The van der Waals surface area contributed by atoms with Gasteiger partial charge in [-0.25, -0.2) is 0 Å². The number of nitrogens with zero attached hydrogens (tertiary/aromatic N) is 1. The second-order valence-electron chi connectivity index (χ2n) is 4.28. The summed E-state index contributed by atoms with van der Waals surface area (Å²) in [6.45, 7) is 1.86. The van der Waals surface area contributed by atoms with Crippen LogP contribution in [0.25, 0.3) is 0 Å². The molecule has 1 nitrogen and oxygen atoms in total. The van der Waals surface area contributed by atoms with E-state index in [9.17, 15) is 13.2 Å². The summed E-state index contributed by atoms with van der Waals surface area (Å²) in [6, 6.07) is 3.52. The van der Waals surface area contributed by atoms with Gasteiger partial charge in [0.2, 0.25) is 0 Å². The predicted octanol–water partition coefficient (Wildman–Crippen LogP) is 3.28. The Morgan fingerprint density at radius 3 is 2.53 bits per heavy atom. The summed E-state index contributed by atoms with van der Waals surface area (Å²) in [4.78, 5) is 3.98. The lowest BCUT2D eigenvalue weighted by atomic mass is 9.98. The van der Waals surface area contributed by atoms with Crippen molar-refractivity contribution in [2.45, 2.75) is 32.4 Å². The molecule has 0 unspecified atom stereocenters. The molecule has 0 spiro atoms. The minimum absolute atomic E-state index is 0.0260. The normalized spacial score (nSPS) is 18.9. The molecule has 0 aliphatic heterocycles. The fraction of sp³-hybridized carbons (Fsp3) is 0.545. The van der Waals surface area contributed by atoms with Crippen LogP contribution in [0.15, 0.2) is 18.3 Å². The van der Waals surface area contributed by atoms with Crippen molar-refractivity contribution in [1.29, 1.82) is 0 Å². The third-order valence-corrected chi connectivity index (χ3v) is 2.95. The molecule has 0 atom stereocenters. The van der Waals surface area contributed by atoms with Crippen molar-refractivity contribution >= 4 is 0 Å². The van der Waals surface area contributed by atoms with E-state index in [2.05, 4.69) is 4.98 Å². The van der Waals surface area contributed by atoms with E-state index in [1.54, 1.807) is 18.3 Å². The maximum Gasteiger partial charge on any atom is 0.394 e. The Balaban J connectivity index is 2.16. The van der Waals surface area contributed by atoms with E-state index in [-0.39, 0.29) is 19.3 Å². The van der Waals surface area contributed by atoms with Gasteiger partial charge in [-0.1, -0.05) is 0 Å². The molecule has 15 heavy (non-hydrogen) atoms. The maximum atomic E-state index is 12.7. The van der Waals surface area contributed by atoms with Crippen LogP contribution in [0.3, 0.4) is 0 Å². The van der Waals surface area contributed by atoms with E-state index in [1.165, 1.54) is 0 Å². The molecule has 1 aliphatic rings. The third-order valence-electron chi connectivity index (χ3n) is 2.95. The Morgan fingerprint density at radius 2 is 2.07 bits per heavy atom. The van der Waals surface area contributed by atoms with Crippen molar-refractivity contribution in [2.24, 2.45) is 5.41 Å². The second-order valence-corrected chi connectivity index (χ2v) is 4.28. The Morgan fingerprint density at radius 1 is 1.40 bits per heavy atom. The van der Waals surface area contributed by atoms with Gasteiger partial charge in [-0.15, -0.1) is 0 Å². The van der Waals surface area contributed by atoms with Crippen LogP contribution < -0.4 is 0 Å². The first-order valence-corrected chi connectivity index (χ1v) is 4.91. The van der Waals surface area contributed by atoms with Crippen molar-refractivity contribution in [3.05, 3.63) is 29.6 Å². The van der Waals surface area contributed by atoms with E-state index < -0.39 is 11.6 Å². The summed E-state index contributed by atoms with van der Waals surface area (Å²) in [5, 5.41) is 0. The van der Waals surface area contributed by atoms with Crippen molar-refractivity contribution in [3.63, 3.8) is 0 Å². The average Bonchev–Trinajstić information content (AvgIpc) is 2.84.